The Labute approximate surface area is 270 Å². The lowest BCUT2D eigenvalue weighted by molar-refractivity contribution is -0.144. The van der Waals surface area contributed by atoms with Crippen LogP contribution in [0.15, 0.2) is 23.1 Å². The van der Waals surface area contributed by atoms with Crippen molar-refractivity contribution in [2.75, 3.05) is 57.8 Å². The summed E-state index contributed by atoms with van der Waals surface area (Å²) in [6.45, 7) is 3.14. The Kier molecular flexibility index (Phi) is 11.0. The standard InChI is InChI=1S/C30H41F4N5O5S2/c1-46(43,44)38-12-8-26-24(19-38)28(35-39(26)18-23(40)17-37-9-2-3-21(16-37)29(41)42)20-4-5-25(30(32,33)34)27(15-20)45-14-13-36-10-6-22(31)7-11-36/h4-5,15,21-23,40H,2-3,6-14,16-19H2,1H3,(H,41,42)/t21?,23-/m0/s1. The second kappa shape index (κ2) is 14.5. The van der Waals surface area contributed by atoms with Gasteiger partial charge in [-0.25, -0.2) is 12.8 Å². The van der Waals surface area contributed by atoms with Gasteiger partial charge in [0, 0.05) is 79.7 Å². The van der Waals surface area contributed by atoms with E-state index in [0.29, 0.717) is 93.1 Å². The van der Waals surface area contributed by atoms with Gasteiger partial charge in [-0.3, -0.25) is 14.4 Å². The van der Waals surface area contributed by atoms with Crippen LogP contribution in [0.2, 0.25) is 0 Å². The monoisotopic (exact) mass is 691 g/mol. The zero-order chi connectivity index (χ0) is 33.2. The summed E-state index contributed by atoms with van der Waals surface area (Å²) in [6, 6.07) is 3.82. The van der Waals surface area contributed by atoms with Crippen LogP contribution in [0.25, 0.3) is 11.3 Å². The first-order valence-corrected chi connectivity index (χ1v) is 18.4. The molecule has 46 heavy (non-hydrogen) atoms. The minimum atomic E-state index is -4.59. The molecule has 3 aliphatic heterocycles. The average Bonchev–Trinajstić information content (AvgIpc) is 3.34. The highest BCUT2D eigenvalue weighted by Crippen LogP contribution is 2.40. The number of alkyl halides is 4. The molecule has 1 aromatic heterocycles. The van der Waals surface area contributed by atoms with Crippen molar-refractivity contribution in [2.45, 2.75) is 68.5 Å². The highest BCUT2D eigenvalue weighted by atomic mass is 32.2. The van der Waals surface area contributed by atoms with E-state index in [1.807, 2.05) is 4.90 Å². The maximum atomic E-state index is 14.0. The molecule has 2 N–H and O–H groups in total. The van der Waals surface area contributed by atoms with Crippen molar-refractivity contribution < 1.29 is 41.0 Å². The molecule has 256 valence electrons. The summed E-state index contributed by atoms with van der Waals surface area (Å²) >= 11 is 1.07. The maximum absolute atomic E-state index is 14.0. The van der Waals surface area contributed by atoms with Gasteiger partial charge in [0.15, 0.2) is 0 Å². The number of aliphatic carboxylic acids is 1. The lowest BCUT2D eigenvalue weighted by atomic mass is 9.98. The number of nitrogens with zero attached hydrogens (tertiary/aromatic N) is 5. The largest absolute Gasteiger partial charge is 0.481 e. The zero-order valence-electron chi connectivity index (χ0n) is 25.8. The summed E-state index contributed by atoms with van der Waals surface area (Å²) in [5, 5.41) is 25.2. The van der Waals surface area contributed by atoms with Crippen molar-refractivity contribution >= 4 is 27.8 Å². The van der Waals surface area contributed by atoms with Gasteiger partial charge in [0.25, 0.3) is 0 Å². The molecule has 0 saturated carbocycles. The molecule has 2 fully saturated rings. The number of sulfonamides is 1. The van der Waals surface area contributed by atoms with E-state index >= 15 is 0 Å². The van der Waals surface area contributed by atoms with Gasteiger partial charge in [-0.2, -0.15) is 22.6 Å². The van der Waals surface area contributed by atoms with Crippen molar-refractivity contribution in [3.05, 3.63) is 35.0 Å². The minimum Gasteiger partial charge on any atom is -0.481 e. The normalized spacial score (nSPS) is 21.7. The summed E-state index contributed by atoms with van der Waals surface area (Å²) in [6.07, 6.45) is -2.78. The van der Waals surface area contributed by atoms with Gasteiger partial charge in [-0.15, -0.1) is 11.8 Å². The summed E-state index contributed by atoms with van der Waals surface area (Å²) in [7, 11) is -3.56. The molecule has 1 unspecified atom stereocenters. The predicted molar refractivity (Wildman–Crippen MR) is 166 cm³/mol. The van der Waals surface area contributed by atoms with Gasteiger partial charge < -0.3 is 15.1 Å². The quantitative estimate of drug-likeness (QED) is 0.269. The molecule has 16 heteroatoms. The number of hydrogen-bond donors (Lipinski definition) is 2. The van der Waals surface area contributed by atoms with Gasteiger partial charge in [0.1, 0.15) is 6.17 Å². The fraction of sp³-hybridized carbons (Fsp3) is 0.667. The van der Waals surface area contributed by atoms with Crippen LogP contribution in [0, 0.1) is 5.92 Å². The fourth-order valence-electron chi connectivity index (χ4n) is 6.54. The number of aliphatic hydroxyl groups is 1. The molecule has 0 amide bonds. The topological polar surface area (TPSA) is 119 Å². The number of carboxylic acids is 1. The number of benzene rings is 1. The zero-order valence-corrected chi connectivity index (χ0v) is 27.4. The number of fused-ring (bicyclic) bond motifs is 1. The molecule has 1 aromatic carbocycles. The van der Waals surface area contributed by atoms with Crippen LogP contribution in [0.3, 0.4) is 0 Å². The van der Waals surface area contributed by atoms with E-state index in [-0.39, 0.29) is 31.1 Å². The van der Waals surface area contributed by atoms with E-state index in [1.165, 1.54) is 16.4 Å². The SMILES string of the molecule is CS(=O)(=O)N1CCc2c(c(-c3ccc(C(F)(F)F)c(SCCN4CCC(F)CC4)c3)nn2C[C@@H](O)CN2CCCC(C(=O)O)C2)C1. The highest BCUT2D eigenvalue weighted by Gasteiger charge is 2.35. The summed E-state index contributed by atoms with van der Waals surface area (Å²) in [5.41, 5.74) is 1.29. The molecular formula is C30H41F4N5O5S2. The first kappa shape index (κ1) is 35.1. The van der Waals surface area contributed by atoms with Crippen LogP contribution in [-0.2, 0) is 40.5 Å². The first-order chi connectivity index (χ1) is 21.7. The molecule has 0 spiro atoms. The van der Waals surface area contributed by atoms with Gasteiger partial charge in [-0.1, -0.05) is 6.07 Å². The van der Waals surface area contributed by atoms with E-state index in [0.717, 1.165) is 24.1 Å². The Balaban J connectivity index is 1.41. The second-order valence-corrected chi connectivity index (χ2v) is 15.6. The summed E-state index contributed by atoms with van der Waals surface area (Å²) < 4.78 is 83.5. The molecule has 2 aromatic rings. The van der Waals surface area contributed by atoms with E-state index in [1.54, 1.807) is 4.68 Å². The number of carbonyl (C=O) groups is 1. The van der Waals surface area contributed by atoms with Crippen LogP contribution in [0.5, 0.6) is 0 Å². The molecule has 0 aliphatic carbocycles. The third-order valence-corrected chi connectivity index (χ3v) is 11.3. The summed E-state index contributed by atoms with van der Waals surface area (Å²) in [4.78, 5) is 15.5. The number of carboxylic acid groups (broad SMARTS) is 1. The molecule has 2 saturated heterocycles. The van der Waals surface area contributed by atoms with Crippen molar-refractivity contribution in [2.24, 2.45) is 5.92 Å². The molecule has 0 radical (unpaired) electrons. The number of piperidine rings is 2. The van der Waals surface area contributed by atoms with Gasteiger partial charge >= 0.3 is 12.1 Å². The Hall–Kier alpha value is -2.24. The van der Waals surface area contributed by atoms with Gasteiger partial charge in [-0.05, 0) is 44.4 Å². The smallest absolute Gasteiger partial charge is 0.417 e. The number of thioether (sulfide) groups is 1. The number of aromatic nitrogens is 2. The van der Waals surface area contributed by atoms with E-state index in [4.69, 9.17) is 5.10 Å². The van der Waals surface area contributed by atoms with Crippen LogP contribution in [0.4, 0.5) is 17.6 Å². The number of hydrogen-bond acceptors (Lipinski definition) is 8. The van der Waals surface area contributed by atoms with Crippen LogP contribution in [0.1, 0.15) is 42.5 Å². The van der Waals surface area contributed by atoms with E-state index in [2.05, 4.69) is 4.90 Å². The Morgan fingerprint density at radius 2 is 1.85 bits per heavy atom. The number of likely N-dealkylation sites (tertiary alicyclic amines) is 2. The predicted octanol–water partition coefficient (Wildman–Crippen LogP) is 3.57. The number of rotatable bonds is 11. The fourth-order valence-corrected chi connectivity index (χ4v) is 8.45. The molecule has 10 nitrogen and oxygen atoms in total. The van der Waals surface area contributed by atoms with E-state index < -0.39 is 45.9 Å². The van der Waals surface area contributed by atoms with Gasteiger partial charge in [0.05, 0.1) is 36.1 Å². The maximum Gasteiger partial charge on any atom is 0.417 e. The minimum absolute atomic E-state index is 0.0000355. The Morgan fingerprint density at radius 3 is 2.52 bits per heavy atom. The molecule has 0 bridgehead atoms. The number of aliphatic hydroxyl groups excluding tert-OH is 1. The molecule has 4 heterocycles. The molecule has 3 aliphatic rings. The number of halogens is 4. The van der Waals surface area contributed by atoms with Gasteiger partial charge in [0.2, 0.25) is 10.0 Å². The Morgan fingerprint density at radius 1 is 1.11 bits per heavy atom. The average molecular weight is 692 g/mol. The van der Waals surface area contributed by atoms with Crippen LogP contribution >= 0.6 is 11.8 Å². The number of β-amino-alcohol motifs (C(OH)–C–C–N with tert-alkyl or cyclic N) is 1. The summed E-state index contributed by atoms with van der Waals surface area (Å²) in [5.74, 6) is -0.986. The third kappa shape index (κ3) is 8.61. The van der Waals surface area contributed by atoms with Crippen molar-refractivity contribution in [1.82, 2.24) is 23.9 Å². The van der Waals surface area contributed by atoms with Crippen molar-refractivity contribution in [1.29, 1.82) is 0 Å². The van der Waals surface area contributed by atoms with Crippen LogP contribution in [-0.4, -0.2) is 119 Å². The lowest BCUT2D eigenvalue weighted by Gasteiger charge is -2.32. The first-order valence-electron chi connectivity index (χ1n) is 15.6. The highest BCUT2D eigenvalue weighted by molar-refractivity contribution is 7.99. The second-order valence-electron chi connectivity index (χ2n) is 12.5. The third-order valence-electron chi connectivity index (χ3n) is 9.02. The van der Waals surface area contributed by atoms with Crippen LogP contribution < -0.4 is 0 Å². The Bertz CT molecular complexity index is 1500. The van der Waals surface area contributed by atoms with Crippen molar-refractivity contribution in [3.8, 4) is 11.3 Å². The molecular weight excluding hydrogens is 650 g/mol. The molecule has 2 atom stereocenters. The van der Waals surface area contributed by atoms with E-state index in [9.17, 15) is 41.0 Å². The lowest BCUT2D eigenvalue weighted by Crippen LogP contribution is -2.43. The van der Waals surface area contributed by atoms with Crippen molar-refractivity contribution in [3.63, 3.8) is 0 Å². The molecule has 5 rings (SSSR count).